The molecule has 0 aliphatic carbocycles. The van der Waals surface area contributed by atoms with Crippen molar-refractivity contribution in [3.63, 3.8) is 0 Å². The number of hydrogen-bond donors (Lipinski definition) is 0. The highest BCUT2D eigenvalue weighted by Gasteiger charge is 2.36. The average Bonchev–Trinajstić information content (AvgIpc) is 2.98. The lowest BCUT2D eigenvalue weighted by molar-refractivity contribution is -0.125. The third-order valence-corrected chi connectivity index (χ3v) is 4.28. The van der Waals surface area contributed by atoms with Crippen molar-refractivity contribution in [1.29, 1.82) is 0 Å². The maximum Gasteiger partial charge on any atom is 0.332 e. The lowest BCUT2D eigenvalue weighted by atomic mass is 10.3. The number of amides is 3. The third kappa shape index (κ3) is 2.42. The minimum Gasteiger partial charge on any atom is -0.285 e. The van der Waals surface area contributed by atoms with Gasteiger partial charge in [0.05, 0.1) is 10.9 Å². The molecule has 4 nitrogen and oxygen atoms in total. The van der Waals surface area contributed by atoms with Crippen LogP contribution in [0.5, 0.6) is 0 Å². The molecule has 0 atom stereocenters. The molecule has 1 aromatic heterocycles. The molecular formula is C14H11ClN2O2S. The van der Waals surface area contributed by atoms with E-state index in [1.807, 2.05) is 36.4 Å². The second kappa shape index (κ2) is 5.26. The molecule has 20 heavy (non-hydrogen) atoms. The predicted octanol–water partition coefficient (Wildman–Crippen LogP) is 3.37. The van der Waals surface area contributed by atoms with Crippen LogP contribution in [0.15, 0.2) is 42.5 Å². The van der Waals surface area contributed by atoms with Crippen LogP contribution in [0.2, 0.25) is 4.34 Å². The highest BCUT2D eigenvalue weighted by Crippen LogP contribution is 2.26. The van der Waals surface area contributed by atoms with E-state index >= 15 is 0 Å². The van der Waals surface area contributed by atoms with Gasteiger partial charge in [-0.1, -0.05) is 29.8 Å². The van der Waals surface area contributed by atoms with E-state index in [2.05, 4.69) is 0 Å². The van der Waals surface area contributed by atoms with Gasteiger partial charge in [-0.25, -0.2) is 4.79 Å². The molecule has 2 heterocycles. The molecular weight excluding hydrogens is 296 g/mol. The summed E-state index contributed by atoms with van der Waals surface area (Å²) in [5.41, 5.74) is 0.734. The number of thiophene rings is 1. The Kier molecular flexibility index (Phi) is 3.46. The molecule has 1 aromatic carbocycles. The Balaban J connectivity index is 1.80. The minimum atomic E-state index is -0.286. The smallest absolute Gasteiger partial charge is 0.285 e. The molecule has 0 spiro atoms. The molecule has 2 aromatic rings. The largest absolute Gasteiger partial charge is 0.332 e. The Labute approximate surface area is 125 Å². The van der Waals surface area contributed by atoms with Gasteiger partial charge in [-0.15, -0.1) is 11.3 Å². The maximum absolute atomic E-state index is 12.3. The van der Waals surface area contributed by atoms with Crippen molar-refractivity contribution in [3.8, 4) is 0 Å². The number of carbonyl (C=O) groups is 2. The van der Waals surface area contributed by atoms with Gasteiger partial charge in [0.1, 0.15) is 6.54 Å². The Bertz CT molecular complexity index is 656. The second-order valence-electron chi connectivity index (χ2n) is 4.39. The van der Waals surface area contributed by atoms with E-state index < -0.39 is 0 Å². The van der Waals surface area contributed by atoms with Gasteiger partial charge in [0.25, 0.3) is 5.91 Å². The van der Waals surface area contributed by atoms with E-state index in [-0.39, 0.29) is 25.0 Å². The molecule has 6 heteroatoms. The van der Waals surface area contributed by atoms with Crippen molar-refractivity contribution in [1.82, 2.24) is 4.90 Å². The highest BCUT2D eigenvalue weighted by atomic mass is 35.5. The van der Waals surface area contributed by atoms with Gasteiger partial charge in [-0.3, -0.25) is 14.6 Å². The zero-order chi connectivity index (χ0) is 14.1. The van der Waals surface area contributed by atoms with E-state index in [9.17, 15) is 9.59 Å². The Hall–Kier alpha value is -1.85. The van der Waals surface area contributed by atoms with Crippen molar-refractivity contribution < 1.29 is 9.59 Å². The van der Waals surface area contributed by atoms with Crippen LogP contribution in [-0.2, 0) is 11.3 Å². The minimum absolute atomic E-state index is 0.0853. The lowest BCUT2D eigenvalue weighted by Crippen LogP contribution is -2.32. The summed E-state index contributed by atoms with van der Waals surface area (Å²) in [6.45, 7) is 0.361. The van der Waals surface area contributed by atoms with Gasteiger partial charge in [-0.2, -0.15) is 0 Å². The van der Waals surface area contributed by atoms with Crippen LogP contribution in [0.1, 0.15) is 4.88 Å². The first kappa shape index (κ1) is 13.1. The first-order valence-electron chi connectivity index (χ1n) is 6.06. The zero-order valence-electron chi connectivity index (χ0n) is 10.5. The molecule has 0 N–H and O–H groups in total. The number of hydrogen-bond acceptors (Lipinski definition) is 3. The number of urea groups is 1. The summed E-state index contributed by atoms with van der Waals surface area (Å²) in [5.74, 6) is -0.191. The lowest BCUT2D eigenvalue weighted by Gasteiger charge is -2.16. The van der Waals surface area contributed by atoms with Gasteiger partial charge < -0.3 is 0 Å². The Morgan fingerprint density at radius 1 is 1.10 bits per heavy atom. The summed E-state index contributed by atoms with van der Waals surface area (Å²) >= 11 is 7.24. The van der Waals surface area contributed by atoms with Crippen LogP contribution in [0.25, 0.3) is 0 Å². The van der Waals surface area contributed by atoms with Crippen LogP contribution in [-0.4, -0.2) is 23.4 Å². The molecule has 0 bridgehead atoms. The summed E-state index contributed by atoms with van der Waals surface area (Å²) in [6.07, 6.45) is 0. The SMILES string of the molecule is O=C1CN(c2ccccc2)C(=O)N1Cc1ccc(Cl)s1. The van der Waals surface area contributed by atoms with Crippen LogP contribution >= 0.6 is 22.9 Å². The maximum atomic E-state index is 12.3. The molecule has 0 unspecified atom stereocenters. The van der Waals surface area contributed by atoms with Crippen LogP contribution < -0.4 is 4.90 Å². The quantitative estimate of drug-likeness (QED) is 0.816. The number of rotatable bonds is 3. The van der Waals surface area contributed by atoms with E-state index in [1.54, 1.807) is 6.07 Å². The van der Waals surface area contributed by atoms with Crippen molar-refractivity contribution in [2.45, 2.75) is 6.54 Å². The van der Waals surface area contributed by atoms with Crippen molar-refractivity contribution in [2.75, 3.05) is 11.4 Å². The van der Waals surface area contributed by atoms with Gasteiger partial charge in [0.15, 0.2) is 0 Å². The monoisotopic (exact) mass is 306 g/mol. The second-order valence-corrected chi connectivity index (χ2v) is 6.19. The third-order valence-electron chi connectivity index (χ3n) is 3.07. The number of para-hydroxylation sites is 1. The van der Waals surface area contributed by atoms with E-state index in [4.69, 9.17) is 11.6 Å². The van der Waals surface area contributed by atoms with Gasteiger partial charge in [-0.05, 0) is 24.3 Å². The average molecular weight is 307 g/mol. The molecule has 1 aliphatic rings. The van der Waals surface area contributed by atoms with Crippen molar-refractivity contribution in [3.05, 3.63) is 51.7 Å². The molecule has 0 radical (unpaired) electrons. The van der Waals surface area contributed by atoms with Gasteiger partial charge in [0, 0.05) is 10.6 Å². The Morgan fingerprint density at radius 3 is 2.50 bits per heavy atom. The molecule has 1 fully saturated rings. The van der Waals surface area contributed by atoms with E-state index in [0.717, 1.165) is 10.6 Å². The first-order valence-corrected chi connectivity index (χ1v) is 7.26. The highest BCUT2D eigenvalue weighted by molar-refractivity contribution is 7.16. The Morgan fingerprint density at radius 2 is 1.85 bits per heavy atom. The number of halogens is 1. The van der Waals surface area contributed by atoms with E-state index in [0.29, 0.717) is 4.34 Å². The number of anilines is 1. The number of nitrogens with zero attached hydrogens (tertiary/aromatic N) is 2. The first-order chi connectivity index (χ1) is 9.65. The van der Waals surface area contributed by atoms with E-state index in [1.165, 1.54) is 21.1 Å². The summed E-state index contributed by atoms with van der Waals surface area (Å²) in [4.78, 5) is 28.0. The fraction of sp³-hybridized carbons (Fsp3) is 0.143. The number of benzene rings is 1. The molecule has 1 aliphatic heterocycles. The molecule has 102 valence electrons. The van der Waals surface area contributed by atoms with Crippen molar-refractivity contribution in [2.24, 2.45) is 0 Å². The summed E-state index contributed by atoms with van der Waals surface area (Å²) < 4.78 is 0.652. The van der Waals surface area contributed by atoms with Gasteiger partial charge >= 0.3 is 6.03 Å². The standard InChI is InChI=1S/C14H11ClN2O2S/c15-12-7-6-11(20-12)8-17-13(18)9-16(14(17)19)10-4-2-1-3-5-10/h1-7H,8-9H2. The topological polar surface area (TPSA) is 40.6 Å². The fourth-order valence-corrected chi connectivity index (χ4v) is 3.18. The van der Waals surface area contributed by atoms with Crippen LogP contribution in [0.3, 0.4) is 0 Å². The van der Waals surface area contributed by atoms with Crippen molar-refractivity contribution >= 4 is 40.6 Å². The van der Waals surface area contributed by atoms with Crippen LogP contribution in [0, 0.1) is 0 Å². The number of imide groups is 1. The van der Waals surface area contributed by atoms with Gasteiger partial charge in [0.2, 0.25) is 0 Å². The van der Waals surface area contributed by atoms with Crippen LogP contribution in [0.4, 0.5) is 10.5 Å². The molecule has 0 saturated carbocycles. The fourth-order valence-electron chi connectivity index (χ4n) is 2.10. The molecule has 1 saturated heterocycles. The summed E-state index contributed by atoms with van der Waals surface area (Å²) in [7, 11) is 0. The summed E-state index contributed by atoms with van der Waals surface area (Å²) in [5, 5.41) is 0. The predicted molar refractivity (Wildman–Crippen MR) is 79.1 cm³/mol. The molecule has 3 amide bonds. The molecule has 3 rings (SSSR count). The summed E-state index contributed by atoms with van der Waals surface area (Å²) in [6, 6.07) is 12.5. The normalized spacial score (nSPS) is 15.2. The number of carbonyl (C=O) groups excluding carboxylic acids is 2. The zero-order valence-corrected chi connectivity index (χ0v) is 12.0.